The van der Waals surface area contributed by atoms with Crippen molar-refractivity contribution in [1.82, 2.24) is 4.98 Å². The quantitative estimate of drug-likeness (QED) is 0.229. The number of hydrogen-bond acceptors (Lipinski definition) is 7. The van der Waals surface area contributed by atoms with Gasteiger partial charge in [0.1, 0.15) is 5.58 Å². The average molecular weight is 561 g/mol. The first-order chi connectivity index (χ1) is 17.7. The van der Waals surface area contributed by atoms with Gasteiger partial charge in [-0.2, -0.15) is 0 Å². The minimum absolute atomic E-state index is 0.00450. The molecule has 1 unspecified atom stereocenters. The van der Waals surface area contributed by atoms with Gasteiger partial charge in [0, 0.05) is 27.9 Å². The van der Waals surface area contributed by atoms with Crippen LogP contribution >= 0.6 is 15.9 Å². The van der Waals surface area contributed by atoms with Crippen LogP contribution in [-0.4, -0.2) is 33.9 Å². The normalized spacial score (nSPS) is 15.6. The van der Waals surface area contributed by atoms with Crippen molar-refractivity contribution in [2.45, 2.75) is 26.0 Å². The van der Waals surface area contributed by atoms with E-state index in [2.05, 4.69) is 20.9 Å². The monoisotopic (exact) mass is 560 g/mol. The lowest BCUT2D eigenvalue weighted by Crippen LogP contribution is -2.31. The number of pyridine rings is 1. The van der Waals surface area contributed by atoms with Crippen LogP contribution in [0, 0.1) is 0 Å². The van der Waals surface area contributed by atoms with Crippen LogP contribution in [0.4, 0.5) is 5.69 Å². The van der Waals surface area contributed by atoms with Crippen LogP contribution in [0.1, 0.15) is 46.4 Å². The number of rotatable bonds is 6. The van der Waals surface area contributed by atoms with Gasteiger partial charge in [-0.05, 0) is 80.1 Å². The van der Waals surface area contributed by atoms with E-state index in [9.17, 15) is 19.5 Å². The lowest BCUT2D eigenvalue weighted by atomic mass is 9.95. The molecule has 3 heterocycles. The summed E-state index contributed by atoms with van der Waals surface area (Å²) in [7, 11) is 0. The number of fused-ring (bicyclic) bond motifs is 1. The molecular formula is C28H21BrN2O6. The van der Waals surface area contributed by atoms with Crippen molar-refractivity contribution in [3.63, 3.8) is 0 Å². The number of ether oxygens (including phenoxy) is 1. The van der Waals surface area contributed by atoms with Gasteiger partial charge in [0.15, 0.2) is 11.5 Å². The molecule has 186 valence electrons. The molecule has 9 heteroatoms. The zero-order chi connectivity index (χ0) is 26.3. The SMILES string of the molecule is CC(C)OC(=O)c1ccc(N2C(=O)C(O)=C(C(=O)c3cc4cc(Br)ccc4o3)C2c2ccncc2)cc1. The van der Waals surface area contributed by atoms with Crippen molar-refractivity contribution in [3.05, 3.63) is 106 Å². The molecule has 0 saturated carbocycles. The summed E-state index contributed by atoms with van der Waals surface area (Å²) in [4.78, 5) is 44.6. The zero-order valence-electron chi connectivity index (χ0n) is 19.8. The Morgan fingerprint density at radius 3 is 2.43 bits per heavy atom. The highest BCUT2D eigenvalue weighted by Crippen LogP contribution is 2.42. The van der Waals surface area contributed by atoms with E-state index < -0.39 is 29.5 Å². The number of aliphatic hydroxyl groups is 1. The van der Waals surface area contributed by atoms with Crippen molar-refractivity contribution in [1.29, 1.82) is 0 Å². The molecule has 1 N–H and O–H groups in total. The molecule has 4 aromatic rings. The first kappa shape index (κ1) is 24.5. The van der Waals surface area contributed by atoms with Crippen molar-refractivity contribution in [2.75, 3.05) is 4.90 Å². The zero-order valence-corrected chi connectivity index (χ0v) is 21.4. The highest BCUT2D eigenvalue weighted by molar-refractivity contribution is 9.10. The minimum atomic E-state index is -0.948. The van der Waals surface area contributed by atoms with Gasteiger partial charge in [0.05, 0.1) is 23.3 Å². The summed E-state index contributed by atoms with van der Waals surface area (Å²) in [6.07, 6.45) is 2.80. The fourth-order valence-electron chi connectivity index (χ4n) is 4.26. The maximum Gasteiger partial charge on any atom is 0.338 e. The number of carbonyl (C=O) groups excluding carboxylic acids is 3. The van der Waals surface area contributed by atoms with Crippen molar-refractivity contribution in [3.8, 4) is 0 Å². The third-order valence-corrected chi connectivity index (χ3v) is 6.39. The molecule has 0 bridgehead atoms. The molecule has 5 rings (SSSR count). The van der Waals surface area contributed by atoms with Gasteiger partial charge in [-0.15, -0.1) is 0 Å². The lowest BCUT2D eigenvalue weighted by molar-refractivity contribution is -0.117. The van der Waals surface area contributed by atoms with E-state index in [1.54, 1.807) is 68.7 Å². The molecule has 2 aromatic heterocycles. The Hall–Kier alpha value is -4.24. The molecule has 0 saturated heterocycles. The number of Topliss-reactive ketones (excluding diaryl/α,β-unsaturated/α-hetero) is 1. The van der Waals surface area contributed by atoms with Crippen LogP contribution in [0.25, 0.3) is 11.0 Å². The molecule has 1 aliphatic rings. The number of esters is 1. The molecule has 1 atom stereocenters. The molecule has 1 aliphatic heterocycles. The van der Waals surface area contributed by atoms with Gasteiger partial charge in [-0.25, -0.2) is 4.79 Å². The molecule has 37 heavy (non-hydrogen) atoms. The van der Waals surface area contributed by atoms with E-state index in [-0.39, 0.29) is 17.4 Å². The van der Waals surface area contributed by atoms with Gasteiger partial charge in [0.2, 0.25) is 5.78 Å². The van der Waals surface area contributed by atoms with Crippen LogP contribution in [0.15, 0.2) is 93.3 Å². The fraction of sp³-hybridized carbons (Fsp3) is 0.143. The first-order valence-electron chi connectivity index (χ1n) is 11.5. The van der Waals surface area contributed by atoms with Gasteiger partial charge < -0.3 is 14.3 Å². The second-order valence-corrected chi connectivity index (χ2v) is 9.66. The number of anilines is 1. The van der Waals surface area contributed by atoms with Gasteiger partial charge in [-0.3, -0.25) is 19.5 Å². The Kier molecular flexibility index (Phi) is 6.39. The molecule has 0 aliphatic carbocycles. The van der Waals surface area contributed by atoms with E-state index in [4.69, 9.17) is 9.15 Å². The topological polar surface area (TPSA) is 110 Å². The molecular weight excluding hydrogens is 540 g/mol. The van der Waals surface area contributed by atoms with Gasteiger partial charge in [-0.1, -0.05) is 15.9 Å². The number of furan rings is 1. The number of aliphatic hydroxyl groups excluding tert-OH is 1. The van der Waals surface area contributed by atoms with Crippen molar-refractivity contribution < 1.29 is 28.6 Å². The Balaban J connectivity index is 1.56. The smallest absolute Gasteiger partial charge is 0.338 e. The van der Waals surface area contributed by atoms with E-state index in [1.165, 1.54) is 17.0 Å². The number of halogens is 1. The molecule has 8 nitrogen and oxygen atoms in total. The maximum atomic E-state index is 13.7. The first-order valence-corrected chi connectivity index (χ1v) is 12.3. The van der Waals surface area contributed by atoms with Crippen LogP contribution < -0.4 is 4.90 Å². The average Bonchev–Trinajstić information content (AvgIpc) is 3.42. The summed E-state index contributed by atoms with van der Waals surface area (Å²) in [5.74, 6) is -2.53. The number of ketones is 1. The largest absolute Gasteiger partial charge is 0.503 e. The lowest BCUT2D eigenvalue weighted by Gasteiger charge is -2.26. The van der Waals surface area contributed by atoms with Crippen LogP contribution in [0.3, 0.4) is 0 Å². The fourth-order valence-corrected chi connectivity index (χ4v) is 4.64. The number of carbonyl (C=O) groups is 3. The van der Waals surface area contributed by atoms with Crippen molar-refractivity contribution in [2.24, 2.45) is 0 Å². The van der Waals surface area contributed by atoms with Gasteiger partial charge >= 0.3 is 5.97 Å². The number of amides is 1. The van der Waals surface area contributed by atoms with Gasteiger partial charge in [0.25, 0.3) is 5.91 Å². The molecule has 1 amide bonds. The summed E-state index contributed by atoms with van der Waals surface area (Å²) in [5.41, 5.74) is 1.65. The summed E-state index contributed by atoms with van der Waals surface area (Å²) in [6, 6.07) is 15.5. The predicted molar refractivity (Wildman–Crippen MR) is 139 cm³/mol. The Morgan fingerprint density at radius 1 is 1.05 bits per heavy atom. The van der Waals surface area contributed by atoms with E-state index >= 15 is 0 Å². The summed E-state index contributed by atoms with van der Waals surface area (Å²) >= 11 is 3.40. The number of hydrogen-bond donors (Lipinski definition) is 1. The third kappa shape index (κ3) is 4.53. The van der Waals surface area contributed by atoms with Crippen molar-refractivity contribution >= 4 is 50.2 Å². The second-order valence-electron chi connectivity index (χ2n) is 8.74. The van der Waals surface area contributed by atoms with Crippen LogP contribution in [0.2, 0.25) is 0 Å². The highest BCUT2D eigenvalue weighted by Gasteiger charge is 2.45. The Labute approximate surface area is 220 Å². The van der Waals surface area contributed by atoms with E-state index in [0.717, 1.165) is 4.47 Å². The minimum Gasteiger partial charge on any atom is -0.503 e. The predicted octanol–water partition coefficient (Wildman–Crippen LogP) is 5.94. The standard InChI is InChI=1S/C28H21BrN2O6/c1-15(2)36-28(35)17-3-6-20(7-4-17)31-24(16-9-11-30-12-10-16)23(26(33)27(31)34)25(32)22-14-18-13-19(29)5-8-21(18)37-22/h3-15,24,33H,1-2H3. The van der Waals surface area contributed by atoms with Crippen LogP contribution in [-0.2, 0) is 9.53 Å². The van der Waals surface area contributed by atoms with E-state index in [0.29, 0.717) is 27.8 Å². The molecule has 0 fully saturated rings. The summed E-state index contributed by atoms with van der Waals surface area (Å²) in [5, 5.41) is 11.6. The molecule has 0 radical (unpaired) electrons. The van der Waals surface area contributed by atoms with Crippen LogP contribution in [0.5, 0.6) is 0 Å². The Bertz CT molecular complexity index is 1560. The highest BCUT2D eigenvalue weighted by atomic mass is 79.9. The number of nitrogens with zero attached hydrogens (tertiary/aromatic N) is 2. The van der Waals surface area contributed by atoms with E-state index in [1.807, 2.05) is 6.07 Å². The maximum absolute atomic E-state index is 13.7. The number of aromatic nitrogens is 1. The Morgan fingerprint density at radius 2 is 1.76 bits per heavy atom. The summed E-state index contributed by atoms with van der Waals surface area (Å²) in [6.45, 7) is 3.50. The molecule has 2 aromatic carbocycles. The summed E-state index contributed by atoms with van der Waals surface area (Å²) < 4.78 is 11.8. The second kappa shape index (κ2) is 9.67. The molecule has 0 spiro atoms. The third-order valence-electron chi connectivity index (χ3n) is 5.90. The number of benzene rings is 2.